The average Bonchev–Trinajstić information content (AvgIpc) is 2.29. The van der Waals surface area contributed by atoms with Crippen molar-refractivity contribution in [1.82, 2.24) is 4.98 Å². The smallest absolute Gasteiger partial charge is 0.340 e. The number of para-hydroxylation sites is 1. The molecule has 0 atom stereocenters. The Balaban J connectivity index is 2.42. The molecule has 75 valence electrons. The van der Waals surface area contributed by atoms with Crippen LogP contribution in [0.4, 0.5) is 0 Å². The number of esters is 1. The Morgan fingerprint density at radius 3 is 3.07 bits per heavy atom. The molecule has 15 heavy (non-hydrogen) atoms. The summed E-state index contributed by atoms with van der Waals surface area (Å²) < 4.78 is 4.87. The minimum absolute atomic E-state index is 0.361. The molecule has 0 spiro atoms. The number of aromatic nitrogens is 1. The SMILES string of the molecule is CCOC(=O)c1[c]nc2ccccc2c1. The molecule has 2 aromatic rings. The molecule has 3 heteroatoms. The average molecular weight is 200 g/mol. The van der Waals surface area contributed by atoms with Gasteiger partial charge in [0.1, 0.15) is 6.20 Å². The fourth-order valence-electron chi connectivity index (χ4n) is 1.33. The van der Waals surface area contributed by atoms with E-state index in [0.717, 1.165) is 10.9 Å². The van der Waals surface area contributed by atoms with Crippen LogP contribution in [0.1, 0.15) is 17.3 Å². The standard InChI is InChI=1S/C12H10NO2/c1-2-15-12(14)10-7-9-5-3-4-6-11(9)13-8-10/h3-7H,2H2,1H3. The van der Waals surface area contributed by atoms with Gasteiger partial charge < -0.3 is 4.74 Å². The van der Waals surface area contributed by atoms with E-state index in [1.165, 1.54) is 0 Å². The van der Waals surface area contributed by atoms with E-state index in [-0.39, 0.29) is 5.97 Å². The van der Waals surface area contributed by atoms with E-state index < -0.39 is 0 Å². The van der Waals surface area contributed by atoms with E-state index in [4.69, 9.17) is 4.74 Å². The van der Waals surface area contributed by atoms with Gasteiger partial charge in [0, 0.05) is 5.39 Å². The van der Waals surface area contributed by atoms with Gasteiger partial charge in [-0.15, -0.1) is 0 Å². The molecular weight excluding hydrogens is 190 g/mol. The number of ether oxygens (including phenoxy) is 1. The number of hydrogen-bond donors (Lipinski definition) is 0. The Labute approximate surface area is 87.7 Å². The first-order valence-corrected chi connectivity index (χ1v) is 4.76. The van der Waals surface area contributed by atoms with E-state index in [2.05, 4.69) is 11.2 Å². The van der Waals surface area contributed by atoms with Gasteiger partial charge in [-0.3, -0.25) is 0 Å². The maximum atomic E-state index is 11.4. The molecule has 0 aliphatic rings. The van der Waals surface area contributed by atoms with Crippen molar-refractivity contribution in [3.05, 3.63) is 42.1 Å². The van der Waals surface area contributed by atoms with Gasteiger partial charge in [0.2, 0.25) is 0 Å². The summed E-state index contributed by atoms with van der Waals surface area (Å²) in [5, 5.41) is 0.916. The molecule has 0 saturated carbocycles. The molecule has 1 aromatic carbocycles. The summed E-state index contributed by atoms with van der Waals surface area (Å²) in [6.45, 7) is 2.13. The summed E-state index contributed by atoms with van der Waals surface area (Å²) in [7, 11) is 0. The molecule has 1 heterocycles. The van der Waals surface area contributed by atoms with Crippen molar-refractivity contribution in [1.29, 1.82) is 0 Å². The Bertz CT molecular complexity index is 494. The largest absolute Gasteiger partial charge is 0.462 e. The summed E-state index contributed by atoms with van der Waals surface area (Å²) in [5.74, 6) is -0.379. The molecule has 0 fully saturated rings. The highest BCUT2D eigenvalue weighted by atomic mass is 16.5. The number of nitrogens with zero attached hydrogens (tertiary/aromatic N) is 1. The van der Waals surface area contributed by atoms with Crippen LogP contribution < -0.4 is 0 Å². The Kier molecular flexibility index (Phi) is 2.63. The second-order valence-electron chi connectivity index (χ2n) is 3.06. The predicted molar refractivity (Wildman–Crippen MR) is 56.5 cm³/mol. The van der Waals surface area contributed by atoms with Crippen molar-refractivity contribution in [3.8, 4) is 0 Å². The zero-order chi connectivity index (χ0) is 10.7. The van der Waals surface area contributed by atoms with Crippen molar-refractivity contribution in [2.24, 2.45) is 0 Å². The molecular formula is C12H10NO2. The quantitative estimate of drug-likeness (QED) is 0.698. The molecule has 1 aromatic heterocycles. The number of pyridine rings is 1. The first-order chi connectivity index (χ1) is 7.31. The van der Waals surface area contributed by atoms with Gasteiger partial charge in [-0.05, 0) is 19.1 Å². The zero-order valence-corrected chi connectivity index (χ0v) is 8.36. The third kappa shape index (κ3) is 1.96. The Hall–Kier alpha value is -1.90. The fourth-order valence-corrected chi connectivity index (χ4v) is 1.33. The van der Waals surface area contributed by atoms with Crippen LogP contribution >= 0.6 is 0 Å². The number of carbonyl (C=O) groups excluding carboxylic acids is 1. The summed E-state index contributed by atoms with van der Waals surface area (Å²) in [5.41, 5.74) is 1.20. The Morgan fingerprint density at radius 2 is 2.27 bits per heavy atom. The van der Waals surface area contributed by atoms with Crippen molar-refractivity contribution in [3.63, 3.8) is 0 Å². The van der Waals surface area contributed by atoms with Gasteiger partial charge in [0.25, 0.3) is 0 Å². The van der Waals surface area contributed by atoms with Crippen molar-refractivity contribution in [2.45, 2.75) is 6.92 Å². The highest BCUT2D eigenvalue weighted by Crippen LogP contribution is 2.12. The first-order valence-electron chi connectivity index (χ1n) is 4.76. The lowest BCUT2D eigenvalue weighted by Crippen LogP contribution is -2.05. The van der Waals surface area contributed by atoms with Crippen LogP contribution in [0.3, 0.4) is 0 Å². The summed E-state index contributed by atoms with van der Waals surface area (Å²) >= 11 is 0. The normalized spacial score (nSPS) is 10.2. The van der Waals surface area contributed by atoms with Crippen molar-refractivity contribution in [2.75, 3.05) is 6.61 Å². The lowest BCUT2D eigenvalue weighted by Gasteiger charge is -2.01. The van der Waals surface area contributed by atoms with Crippen LogP contribution in [-0.4, -0.2) is 17.6 Å². The maximum absolute atomic E-state index is 11.4. The Morgan fingerprint density at radius 1 is 1.47 bits per heavy atom. The number of rotatable bonds is 2. The minimum atomic E-state index is -0.379. The monoisotopic (exact) mass is 200 g/mol. The molecule has 0 aliphatic heterocycles. The molecule has 0 N–H and O–H groups in total. The summed E-state index contributed by atoms with van der Waals surface area (Å²) in [4.78, 5) is 15.5. The third-order valence-corrected chi connectivity index (χ3v) is 2.03. The zero-order valence-electron chi connectivity index (χ0n) is 8.36. The predicted octanol–water partition coefficient (Wildman–Crippen LogP) is 2.21. The number of benzene rings is 1. The highest BCUT2D eigenvalue weighted by Gasteiger charge is 2.07. The lowest BCUT2D eigenvalue weighted by atomic mass is 10.1. The molecule has 0 bridgehead atoms. The molecule has 0 aliphatic carbocycles. The van der Waals surface area contributed by atoms with Gasteiger partial charge >= 0.3 is 5.97 Å². The van der Waals surface area contributed by atoms with E-state index in [1.54, 1.807) is 13.0 Å². The molecule has 3 nitrogen and oxygen atoms in total. The minimum Gasteiger partial charge on any atom is -0.462 e. The summed E-state index contributed by atoms with van der Waals surface area (Å²) in [6.07, 6.45) is 2.67. The lowest BCUT2D eigenvalue weighted by molar-refractivity contribution is 0.0525. The van der Waals surface area contributed by atoms with Crippen LogP contribution in [0.15, 0.2) is 30.3 Å². The number of hydrogen-bond acceptors (Lipinski definition) is 3. The third-order valence-electron chi connectivity index (χ3n) is 2.03. The van der Waals surface area contributed by atoms with Gasteiger partial charge in [-0.2, -0.15) is 0 Å². The second-order valence-corrected chi connectivity index (χ2v) is 3.06. The fraction of sp³-hybridized carbons (Fsp3) is 0.167. The van der Waals surface area contributed by atoms with E-state index in [0.29, 0.717) is 12.2 Å². The summed E-state index contributed by atoms with van der Waals surface area (Å²) in [6, 6.07) is 9.31. The van der Waals surface area contributed by atoms with E-state index in [9.17, 15) is 4.79 Å². The van der Waals surface area contributed by atoms with Crippen molar-refractivity contribution >= 4 is 16.9 Å². The van der Waals surface area contributed by atoms with E-state index >= 15 is 0 Å². The van der Waals surface area contributed by atoms with Crippen LogP contribution in [-0.2, 0) is 4.74 Å². The molecule has 0 unspecified atom stereocenters. The van der Waals surface area contributed by atoms with Crippen molar-refractivity contribution < 1.29 is 9.53 Å². The number of carbonyl (C=O) groups is 1. The maximum Gasteiger partial charge on any atom is 0.340 e. The van der Waals surface area contributed by atoms with Crippen LogP contribution in [0.25, 0.3) is 10.9 Å². The van der Waals surface area contributed by atoms with Gasteiger partial charge in [-0.1, -0.05) is 18.2 Å². The van der Waals surface area contributed by atoms with E-state index in [1.807, 2.05) is 24.3 Å². The molecule has 0 saturated heterocycles. The topological polar surface area (TPSA) is 39.2 Å². The highest BCUT2D eigenvalue weighted by molar-refractivity contribution is 5.93. The van der Waals surface area contributed by atoms with Crippen LogP contribution in [0.5, 0.6) is 0 Å². The van der Waals surface area contributed by atoms with Gasteiger partial charge in [-0.25, -0.2) is 9.78 Å². The number of fused-ring (bicyclic) bond motifs is 1. The van der Waals surface area contributed by atoms with Crippen LogP contribution in [0.2, 0.25) is 0 Å². The van der Waals surface area contributed by atoms with Crippen LogP contribution in [0, 0.1) is 6.20 Å². The second kappa shape index (κ2) is 4.09. The first kappa shape index (κ1) is 9.65. The van der Waals surface area contributed by atoms with Gasteiger partial charge in [0.15, 0.2) is 0 Å². The molecule has 1 radical (unpaired) electrons. The molecule has 2 rings (SSSR count). The van der Waals surface area contributed by atoms with Gasteiger partial charge in [0.05, 0.1) is 17.7 Å². The molecule has 0 amide bonds.